The lowest BCUT2D eigenvalue weighted by atomic mass is 9.83. The van der Waals surface area contributed by atoms with E-state index in [4.69, 9.17) is 4.74 Å². The van der Waals surface area contributed by atoms with E-state index in [0.717, 1.165) is 45.4 Å². The number of rotatable bonds is 8. The molecular weight excluding hydrogens is 316 g/mol. The summed E-state index contributed by atoms with van der Waals surface area (Å²) in [6.45, 7) is 12.4. The molecular formula is C19H38N4O2. The van der Waals surface area contributed by atoms with Crippen molar-refractivity contribution >= 4 is 5.96 Å². The third kappa shape index (κ3) is 6.76. The van der Waals surface area contributed by atoms with Crippen LogP contribution >= 0.6 is 0 Å². The number of ether oxygens (including phenoxy) is 1. The molecule has 25 heavy (non-hydrogen) atoms. The van der Waals surface area contributed by atoms with E-state index in [9.17, 15) is 5.11 Å². The first-order valence-electron chi connectivity index (χ1n) is 10.0. The molecule has 1 saturated carbocycles. The Morgan fingerprint density at radius 2 is 1.88 bits per heavy atom. The van der Waals surface area contributed by atoms with Gasteiger partial charge in [-0.2, -0.15) is 0 Å². The van der Waals surface area contributed by atoms with E-state index in [-0.39, 0.29) is 0 Å². The molecule has 0 aromatic rings. The third-order valence-corrected chi connectivity index (χ3v) is 5.64. The topological polar surface area (TPSA) is 69.1 Å². The molecule has 1 unspecified atom stereocenters. The van der Waals surface area contributed by atoms with E-state index in [1.807, 2.05) is 6.92 Å². The monoisotopic (exact) mass is 354 g/mol. The highest BCUT2D eigenvalue weighted by Crippen LogP contribution is 2.40. The van der Waals surface area contributed by atoms with Crippen LogP contribution in [0.4, 0.5) is 0 Å². The van der Waals surface area contributed by atoms with Gasteiger partial charge in [0.1, 0.15) is 0 Å². The van der Waals surface area contributed by atoms with Gasteiger partial charge in [-0.15, -0.1) is 0 Å². The standard InChI is InChI=1S/C19H38N4O2/c1-4-19(8-6-7-9-19)15-22-17(20-5-2)21-14-18(3,24)16-23-10-12-25-13-11-23/h24H,4-16H2,1-3H3,(H2,20,21,22). The summed E-state index contributed by atoms with van der Waals surface area (Å²) in [5.41, 5.74) is -0.401. The fourth-order valence-electron chi connectivity index (χ4n) is 3.93. The SMILES string of the molecule is CCNC(=NCC(C)(O)CN1CCOCC1)NCC1(CC)CCCC1. The van der Waals surface area contributed by atoms with Crippen LogP contribution in [0.1, 0.15) is 52.9 Å². The molecule has 0 spiro atoms. The largest absolute Gasteiger partial charge is 0.387 e. The van der Waals surface area contributed by atoms with Crippen molar-refractivity contribution < 1.29 is 9.84 Å². The minimum atomic E-state index is -0.824. The molecule has 0 aromatic heterocycles. The van der Waals surface area contributed by atoms with Gasteiger partial charge in [0.05, 0.1) is 25.4 Å². The van der Waals surface area contributed by atoms with Gasteiger partial charge < -0.3 is 20.5 Å². The second-order valence-electron chi connectivity index (χ2n) is 7.99. The van der Waals surface area contributed by atoms with E-state index >= 15 is 0 Å². The number of nitrogens with zero attached hydrogens (tertiary/aromatic N) is 2. The minimum Gasteiger partial charge on any atom is -0.387 e. The van der Waals surface area contributed by atoms with Crippen molar-refractivity contribution in [3.8, 4) is 0 Å². The lowest BCUT2D eigenvalue weighted by molar-refractivity contribution is -0.0180. The second-order valence-corrected chi connectivity index (χ2v) is 7.99. The van der Waals surface area contributed by atoms with Gasteiger partial charge in [0.2, 0.25) is 0 Å². The number of hydrogen-bond acceptors (Lipinski definition) is 4. The lowest BCUT2D eigenvalue weighted by Gasteiger charge is -2.33. The lowest BCUT2D eigenvalue weighted by Crippen LogP contribution is -2.48. The van der Waals surface area contributed by atoms with Crippen LogP contribution in [0.2, 0.25) is 0 Å². The molecule has 2 aliphatic rings. The van der Waals surface area contributed by atoms with Crippen LogP contribution in [0.3, 0.4) is 0 Å². The van der Waals surface area contributed by atoms with Gasteiger partial charge in [0.15, 0.2) is 5.96 Å². The summed E-state index contributed by atoms with van der Waals surface area (Å²) in [6.07, 6.45) is 6.53. The van der Waals surface area contributed by atoms with E-state index in [0.29, 0.717) is 18.5 Å². The summed E-state index contributed by atoms with van der Waals surface area (Å²) in [6, 6.07) is 0. The van der Waals surface area contributed by atoms with Crippen LogP contribution in [0, 0.1) is 5.41 Å². The molecule has 1 saturated heterocycles. The van der Waals surface area contributed by atoms with E-state index in [1.165, 1.54) is 32.1 Å². The number of aliphatic hydroxyl groups is 1. The zero-order valence-corrected chi connectivity index (χ0v) is 16.4. The van der Waals surface area contributed by atoms with Gasteiger partial charge in [-0.3, -0.25) is 9.89 Å². The molecule has 1 atom stereocenters. The summed E-state index contributed by atoms with van der Waals surface area (Å²) in [4.78, 5) is 6.92. The third-order valence-electron chi connectivity index (χ3n) is 5.64. The predicted octanol–water partition coefficient (Wildman–Crippen LogP) is 1.60. The Bertz CT molecular complexity index is 414. The van der Waals surface area contributed by atoms with Crippen molar-refractivity contribution in [2.24, 2.45) is 10.4 Å². The molecule has 1 aliphatic carbocycles. The van der Waals surface area contributed by atoms with E-state index < -0.39 is 5.60 Å². The summed E-state index contributed by atoms with van der Waals surface area (Å²) >= 11 is 0. The van der Waals surface area contributed by atoms with Gasteiger partial charge in [-0.05, 0) is 38.5 Å². The highest BCUT2D eigenvalue weighted by atomic mass is 16.5. The Morgan fingerprint density at radius 1 is 1.20 bits per heavy atom. The first kappa shape index (κ1) is 20.5. The van der Waals surface area contributed by atoms with Crippen molar-refractivity contribution in [1.82, 2.24) is 15.5 Å². The van der Waals surface area contributed by atoms with Gasteiger partial charge in [0.25, 0.3) is 0 Å². The highest BCUT2D eigenvalue weighted by Gasteiger charge is 2.32. The Hall–Kier alpha value is -0.850. The zero-order valence-electron chi connectivity index (χ0n) is 16.4. The summed E-state index contributed by atoms with van der Waals surface area (Å²) in [7, 11) is 0. The molecule has 6 nitrogen and oxygen atoms in total. The van der Waals surface area contributed by atoms with Crippen molar-refractivity contribution in [1.29, 1.82) is 0 Å². The number of guanidine groups is 1. The van der Waals surface area contributed by atoms with Gasteiger partial charge in [0, 0.05) is 32.7 Å². The van der Waals surface area contributed by atoms with Gasteiger partial charge >= 0.3 is 0 Å². The first-order valence-corrected chi connectivity index (χ1v) is 10.0. The second kappa shape index (κ2) is 9.74. The van der Waals surface area contributed by atoms with Crippen LogP contribution in [0.5, 0.6) is 0 Å². The average Bonchev–Trinajstić information content (AvgIpc) is 3.07. The summed E-state index contributed by atoms with van der Waals surface area (Å²) in [5, 5.41) is 17.6. The van der Waals surface area contributed by atoms with Crippen LogP contribution in [-0.4, -0.2) is 74.0 Å². The molecule has 1 aliphatic heterocycles. The molecule has 0 aromatic carbocycles. The van der Waals surface area contributed by atoms with Crippen LogP contribution in [-0.2, 0) is 4.74 Å². The molecule has 0 bridgehead atoms. The molecule has 2 rings (SSSR count). The van der Waals surface area contributed by atoms with Crippen LogP contribution in [0.15, 0.2) is 4.99 Å². The summed E-state index contributed by atoms with van der Waals surface area (Å²) in [5.74, 6) is 0.824. The maximum absolute atomic E-state index is 10.7. The Labute approximate surface area is 153 Å². The fraction of sp³-hybridized carbons (Fsp3) is 0.947. The Balaban J connectivity index is 1.86. The number of aliphatic imine (C=N–C) groups is 1. The molecule has 1 heterocycles. The number of hydrogen-bond donors (Lipinski definition) is 3. The van der Waals surface area contributed by atoms with E-state index in [1.54, 1.807) is 0 Å². The van der Waals surface area contributed by atoms with Crippen LogP contribution in [0.25, 0.3) is 0 Å². The Morgan fingerprint density at radius 3 is 2.48 bits per heavy atom. The average molecular weight is 355 g/mol. The zero-order chi connectivity index (χ0) is 18.2. The summed E-state index contributed by atoms with van der Waals surface area (Å²) < 4.78 is 5.37. The quantitative estimate of drug-likeness (QED) is 0.456. The molecule has 3 N–H and O–H groups in total. The van der Waals surface area contributed by atoms with E-state index in [2.05, 4.69) is 34.4 Å². The molecule has 146 valence electrons. The van der Waals surface area contributed by atoms with Crippen LogP contribution < -0.4 is 10.6 Å². The normalized spacial score (nSPS) is 24.1. The maximum atomic E-state index is 10.7. The molecule has 6 heteroatoms. The predicted molar refractivity (Wildman–Crippen MR) is 103 cm³/mol. The molecule has 2 fully saturated rings. The molecule has 0 radical (unpaired) electrons. The van der Waals surface area contributed by atoms with Crippen molar-refractivity contribution in [2.75, 3.05) is 52.5 Å². The minimum absolute atomic E-state index is 0.402. The molecule has 0 amide bonds. The first-order chi connectivity index (χ1) is 12.0. The van der Waals surface area contributed by atoms with Crippen molar-refractivity contribution in [3.63, 3.8) is 0 Å². The number of morpholine rings is 1. The van der Waals surface area contributed by atoms with Gasteiger partial charge in [-0.25, -0.2) is 0 Å². The number of β-amino-alcohol motifs (C(OH)–C–C–N with tert-alkyl or cyclic N) is 1. The van der Waals surface area contributed by atoms with Crippen molar-refractivity contribution in [2.45, 2.75) is 58.5 Å². The van der Waals surface area contributed by atoms with Crippen molar-refractivity contribution in [3.05, 3.63) is 0 Å². The fourth-order valence-corrected chi connectivity index (χ4v) is 3.93. The highest BCUT2D eigenvalue weighted by molar-refractivity contribution is 5.79. The number of nitrogens with one attached hydrogen (secondary N) is 2. The maximum Gasteiger partial charge on any atom is 0.191 e. The van der Waals surface area contributed by atoms with Gasteiger partial charge in [-0.1, -0.05) is 19.8 Å². The smallest absolute Gasteiger partial charge is 0.191 e. The Kier molecular flexibility index (Phi) is 7.97.